The molecule has 0 bridgehead atoms. The molecule has 0 unspecified atom stereocenters. The number of hydrogen-bond acceptors (Lipinski definition) is 2. The first-order valence-electron chi connectivity index (χ1n) is 7.17. The quantitative estimate of drug-likeness (QED) is 0.318. The predicted molar refractivity (Wildman–Crippen MR) is 81.1 cm³/mol. The molecule has 1 aliphatic heterocycles. The number of benzene rings is 1. The van der Waals surface area contributed by atoms with Crippen molar-refractivity contribution >= 4 is 32.5 Å². The standard InChI is InChI=1S/C14H5F12NS2/c15-11(16,17)9(12(18,19)20)7-5-3-1-2-4-6(5)27-8(7)10(29-28-9,13(21,22)23)14(24,25)26/h1-4,27H. The Labute approximate surface area is 160 Å². The highest BCUT2D eigenvalue weighted by atomic mass is 33.1. The van der Waals surface area contributed by atoms with Crippen LogP contribution in [0.2, 0.25) is 0 Å². The van der Waals surface area contributed by atoms with Gasteiger partial charge in [0.1, 0.15) is 0 Å². The van der Waals surface area contributed by atoms with Crippen LogP contribution in [0.1, 0.15) is 11.3 Å². The van der Waals surface area contributed by atoms with Gasteiger partial charge in [-0.3, -0.25) is 0 Å². The van der Waals surface area contributed by atoms with E-state index in [4.69, 9.17) is 0 Å². The van der Waals surface area contributed by atoms with Gasteiger partial charge in [-0.2, -0.15) is 52.7 Å². The van der Waals surface area contributed by atoms with Gasteiger partial charge in [-0.25, -0.2) is 0 Å². The minimum atomic E-state index is -6.26. The van der Waals surface area contributed by atoms with Crippen molar-refractivity contribution in [1.82, 2.24) is 4.98 Å². The maximum atomic E-state index is 13.7. The summed E-state index contributed by atoms with van der Waals surface area (Å²) in [5.74, 6) is 0. The molecule has 1 aliphatic rings. The van der Waals surface area contributed by atoms with Crippen LogP contribution in [0.15, 0.2) is 24.3 Å². The summed E-state index contributed by atoms with van der Waals surface area (Å²) in [4.78, 5) is 1.54. The molecule has 1 nitrogen and oxygen atoms in total. The molecule has 3 rings (SSSR count). The minimum Gasteiger partial charge on any atom is -0.356 e. The smallest absolute Gasteiger partial charge is 0.356 e. The van der Waals surface area contributed by atoms with Crippen LogP contribution in [0, 0.1) is 0 Å². The molecule has 0 saturated heterocycles. The minimum absolute atomic E-state index is 0.602. The second-order valence-electron chi connectivity index (χ2n) is 5.94. The summed E-state index contributed by atoms with van der Waals surface area (Å²) < 4.78 is 154. The topological polar surface area (TPSA) is 15.8 Å². The maximum Gasteiger partial charge on any atom is 0.418 e. The summed E-state index contributed by atoms with van der Waals surface area (Å²) in [6.07, 6.45) is -25.0. The Bertz CT molecular complexity index is 905. The third-order valence-corrected chi connectivity index (χ3v) is 7.97. The largest absolute Gasteiger partial charge is 0.418 e. The van der Waals surface area contributed by atoms with Crippen LogP contribution in [0.25, 0.3) is 10.9 Å². The van der Waals surface area contributed by atoms with Gasteiger partial charge < -0.3 is 4.98 Å². The van der Waals surface area contributed by atoms with Crippen molar-refractivity contribution in [2.24, 2.45) is 0 Å². The molecule has 0 spiro atoms. The van der Waals surface area contributed by atoms with Crippen LogP contribution in [-0.4, -0.2) is 29.7 Å². The van der Waals surface area contributed by atoms with E-state index < -0.39 is 77.9 Å². The first-order valence-corrected chi connectivity index (χ1v) is 9.32. The lowest BCUT2D eigenvalue weighted by Crippen LogP contribution is -2.59. The van der Waals surface area contributed by atoms with Crippen molar-refractivity contribution in [3.63, 3.8) is 0 Å². The Kier molecular flexibility index (Phi) is 4.68. The monoisotopic (exact) mass is 479 g/mol. The average molecular weight is 479 g/mol. The number of fused-ring (bicyclic) bond motifs is 3. The van der Waals surface area contributed by atoms with Crippen LogP contribution in [0.5, 0.6) is 0 Å². The fourth-order valence-corrected chi connectivity index (χ4v) is 6.60. The zero-order chi connectivity index (χ0) is 22.3. The van der Waals surface area contributed by atoms with Crippen LogP contribution >= 0.6 is 21.6 Å². The Morgan fingerprint density at radius 3 is 1.48 bits per heavy atom. The molecule has 0 amide bonds. The molecule has 0 atom stereocenters. The Hall–Kier alpha value is -1.38. The number of aromatic nitrogens is 1. The van der Waals surface area contributed by atoms with Gasteiger partial charge in [-0.05, 0) is 6.07 Å². The van der Waals surface area contributed by atoms with Crippen molar-refractivity contribution in [2.75, 3.05) is 0 Å². The number of alkyl halides is 12. The van der Waals surface area contributed by atoms with Gasteiger partial charge in [0.05, 0.1) is 5.69 Å². The number of rotatable bonds is 0. The van der Waals surface area contributed by atoms with Gasteiger partial charge in [-0.1, -0.05) is 39.8 Å². The van der Waals surface area contributed by atoms with Gasteiger partial charge in [0.25, 0.3) is 4.75 Å². The molecule has 1 aromatic heterocycles. The average Bonchev–Trinajstić information content (AvgIpc) is 2.88. The lowest BCUT2D eigenvalue weighted by molar-refractivity contribution is -0.280. The van der Waals surface area contributed by atoms with Crippen molar-refractivity contribution in [3.05, 3.63) is 35.5 Å². The molecular formula is C14H5F12NS2. The van der Waals surface area contributed by atoms with Gasteiger partial charge in [0.15, 0.2) is 0 Å². The summed E-state index contributed by atoms with van der Waals surface area (Å²) in [5.41, 5.74) is -5.11. The summed E-state index contributed by atoms with van der Waals surface area (Å²) in [6, 6.07) is 3.34. The fraction of sp³-hybridized carbons (Fsp3) is 0.429. The number of halogens is 12. The molecule has 2 aromatic rings. The molecule has 15 heteroatoms. The zero-order valence-electron chi connectivity index (χ0n) is 13.2. The molecular weight excluding hydrogens is 474 g/mol. The predicted octanol–water partition coefficient (Wildman–Crippen LogP) is 7.20. The summed E-state index contributed by atoms with van der Waals surface area (Å²) in [6.45, 7) is 0. The van der Waals surface area contributed by atoms with E-state index in [9.17, 15) is 52.7 Å². The van der Waals surface area contributed by atoms with Gasteiger partial charge in [-0.15, -0.1) is 0 Å². The molecule has 1 N–H and O–H groups in total. The van der Waals surface area contributed by atoms with Crippen LogP contribution < -0.4 is 0 Å². The Morgan fingerprint density at radius 1 is 0.621 bits per heavy atom. The SMILES string of the molecule is FC(F)(F)C1(C(F)(F)F)SSC(C(F)(F)F)(C(F)(F)F)c2c1[nH]c1ccccc21. The molecule has 0 aliphatic carbocycles. The summed E-state index contributed by atoms with van der Waals surface area (Å²) >= 11 is 0. The van der Waals surface area contributed by atoms with Crippen LogP contribution in [-0.2, 0) is 9.49 Å². The highest BCUT2D eigenvalue weighted by Crippen LogP contribution is 2.75. The highest BCUT2D eigenvalue weighted by molar-refractivity contribution is 8.77. The van der Waals surface area contributed by atoms with E-state index in [0.717, 1.165) is 18.2 Å². The van der Waals surface area contributed by atoms with Gasteiger partial charge >= 0.3 is 24.7 Å². The van der Waals surface area contributed by atoms with E-state index in [1.165, 1.54) is 0 Å². The normalized spacial score (nSPS) is 20.0. The zero-order valence-corrected chi connectivity index (χ0v) is 14.8. The van der Waals surface area contributed by atoms with Crippen LogP contribution in [0.3, 0.4) is 0 Å². The first-order chi connectivity index (χ1) is 12.9. The van der Waals surface area contributed by atoms with E-state index in [1.54, 1.807) is 4.98 Å². The van der Waals surface area contributed by atoms with E-state index in [1.807, 2.05) is 0 Å². The third kappa shape index (κ3) is 2.75. The van der Waals surface area contributed by atoms with Crippen molar-refractivity contribution in [3.8, 4) is 0 Å². The fourth-order valence-electron chi connectivity index (χ4n) is 3.06. The number of aromatic amines is 1. The lowest BCUT2D eigenvalue weighted by Gasteiger charge is -2.46. The lowest BCUT2D eigenvalue weighted by atomic mass is 9.87. The molecule has 2 heterocycles. The van der Waals surface area contributed by atoms with Crippen molar-refractivity contribution in [1.29, 1.82) is 0 Å². The second kappa shape index (κ2) is 6.08. The number of para-hydroxylation sites is 1. The Balaban J connectivity index is 2.59. The van der Waals surface area contributed by atoms with E-state index in [-0.39, 0.29) is 0 Å². The summed E-state index contributed by atoms with van der Waals surface area (Å²) in [5, 5.41) is -1.04. The van der Waals surface area contributed by atoms with E-state index in [2.05, 4.69) is 0 Å². The Morgan fingerprint density at radius 2 is 1.03 bits per heavy atom. The third-order valence-electron chi connectivity index (χ3n) is 4.30. The highest BCUT2D eigenvalue weighted by Gasteiger charge is 2.83. The molecule has 0 fully saturated rings. The van der Waals surface area contributed by atoms with Crippen molar-refractivity contribution < 1.29 is 52.7 Å². The van der Waals surface area contributed by atoms with E-state index >= 15 is 0 Å². The molecule has 29 heavy (non-hydrogen) atoms. The number of hydrogen-bond donors (Lipinski definition) is 1. The molecule has 0 radical (unpaired) electrons. The maximum absolute atomic E-state index is 13.7. The molecule has 0 saturated carbocycles. The second-order valence-corrected chi connectivity index (χ2v) is 8.50. The van der Waals surface area contributed by atoms with Gasteiger partial charge in [0, 0.05) is 16.5 Å². The van der Waals surface area contributed by atoms with E-state index in [0.29, 0.717) is 6.07 Å². The summed E-state index contributed by atoms with van der Waals surface area (Å²) in [7, 11) is -3.11. The number of nitrogens with one attached hydrogen (secondary N) is 1. The number of H-pyrrole nitrogens is 1. The molecule has 162 valence electrons. The van der Waals surface area contributed by atoms with Crippen molar-refractivity contribution in [2.45, 2.75) is 34.2 Å². The van der Waals surface area contributed by atoms with Crippen LogP contribution in [0.4, 0.5) is 52.7 Å². The first kappa shape index (κ1) is 22.3. The molecule has 1 aromatic carbocycles. The van der Waals surface area contributed by atoms with Gasteiger partial charge in [0.2, 0.25) is 4.75 Å².